The number of anilines is 1. The van der Waals surface area contributed by atoms with E-state index >= 15 is 0 Å². The fraction of sp³-hybridized carbons (Fsp3) is 0.333. The molecule has 1 N–H and O–H groups in total. The lowest BCUT2D eigenvalue weighted by atomic mass is 9.95. The van der Waals surface area contributed by atoms with Crippen LogP contribution in [0.15, 0.2) is 30.5 Å². The molecule has 2 saturated carbocycles. The van der Waals surface area contributed by atoms with Crippen LogP contribution in [0.25, 0.3) is 0 Å². The summed E-state index contributed by atoms with van der Waals surface area (Å²) in [6.07, 6.45) is 6.14. The van der Waals surface area contributed by atoms with E-state index in [0.29, 0.717) is 9.49 Å². The summed E-state index contributed by atoms with van der Waals surface area (Å²) in [6.45, 7) is 0. The van der Waals surface area contributed by atoms with Gasteiger partial charge in [0, 0.05) is 27.3 Å². The summed E-state index contributed by atoms with van der Waals surface area (Å²) in [5, 5.41) is 13.3. The topological polar surface area (TPSA) is 85.1 Å². The van der Waals surface area contributed by atoms with Crippen molar-refractivity contribution in [3.8, 4) is 0 Å². The van der Waals surface area contributed by atoms with E-state index in [2.05, 4.69) is 10.3 Å². The van der Waals surface area contributed by atoms with Crippen LogP contribution in [0.4, 0.5) is 15.9 Å². The number of pyridine rings is 1. The third-order valence-corrected chi connectivity index (χ3v) is 6.40. The number of non-ortho nitro benzene ring substituents is 1. The molecule has 1 aromatic heterocycles. The van der Waals surface area contributed by atoms with Crippen LogP contribution in [0, 0.1) is 25.4 Å². The predicted octanol–water partition coefficient (Wildman–Crippen LogP) is 4.43. The second-order valence-electron chi connectivity index (χ2n) is 6.88. The normalized spacial score (nSPS) is 23.4. The quantitative estimate of drug-likeness (QED) is 0.410. The molecular weight excluding hydrogens is 452 g/mol. The maximum atomic E-state index is 14.5. The highest BCUT2D eigenvalue weighted by atomic mass is 127. The molecule has 134 valence electrons. The Labute approximate surface area is 162 Å². The molecule has 2 atom stereocenters. The van der Waals surface area contributed by atoms with Crippen molar-refractivity contribution < 1.29 is 14.1 Å². The van der Waals surface area contributed by atoms with Crippen molar-refractivity contribution in [2.45, 2.75) is 31.1 Å². The highest BCUT2D eigenvalue weighted by molar-refractivity contribution is 14.1. The first-order valence-corrected chi connectivity index (χ1v) is 9.40. The first kappa shape index (κ1) is 17.3. The van der Waals surface area contributed by atoms with Gasteiger partial charge in [-0.15, -0.1) is 0 Å². The number of amides is 1. The van der Waals surface area contributed by atoms with Crippen LogP contribution in [0.1, 0.15) is 41.6 Å². The number of carbonyl (C=O) groups excluding carboxylic acids is 1. The number of rotatable bonds is 4. The molecule has 0 saturated heterocycles. The molecule has 0 aliphatic heterocycles. The lowest BCUT2D eigenvalue weighted by Gasteiger charge is -2.14. The van der Waals surface area contributed by atoms with Gasteiger partial charge >= 0.3 is 0 Å². The van der Waals surface area contributed by atoms with Crippen LogP contribution in [0.2, 0.25) is 0 Å². The summed E-state index contributed by atoms with van der Waals surface area (Å²) in [5.74, 6) is -0.730. The predicted molar refractivity (Wildman–Crippen MR) is 102 cm³/mol. The summed E-state index contributed by atoms with van der Waals surface area (Å²) in [5.41, 5.74) is 0.910. The minimum absolute atomic E-state index is 0.0891. The van der Waals surface area contributed by atoms with Gasteiger partial charge in [-0.2, -0.15) is 0 Å². The Morgan fingerprint density at radius 1 is 1.42 bits per heavy atom. The Morgan fingerprint density at radius 3 is 2.85 bits per heavy atom. The van der Waals surface area contributed by atoms with Crippen molar-refractivity contribution in [3.05, 3.63) is 61.1 Å². The molecule has 1 amide bonds. The molecule has 4 rings (SSSR count). The van der Waals surface area contributed by atoms with Crippen LogP contribution < -0.4 is 5.32 Å². The Kier molecular flexibility index (Phi) is 4.17. The second kappa shape index (κ2) is 6.26. The Morgan fingerprint density at radius 2 is 2.23 bits per heavy atom. The fourth-order valence-corrected chi connectivity index (χ4v) is 4.59. The molecule has 1 aromatic carbocycles. The zero-order chi connectivity index (χ0) is 18.5. The first-order valence-electron chi connectivity index (χ1n) is 8.32. The number of nitrogens with zero attached hydrogens (tertiary/aromatic N) is 2. The number of nitro benzene ring substituents is 1. The van der Waals surface area contributed by atoms with Crippen molar-refractivity contribution >= 4 is 40.0 Å². The van der Waals surface area contributed by atoms with Crippen molar-refractivity contribution in [1.29, 1.82) is 0 Å². The van der Waals surface area contributed by atoms with Crippen LogP contribution >= 0.6 is 22.6 Å². The summed E-state index contributed by atoms with van der Waals surface area (Å²) in [6, 6.07) is 5.44. The minimum Gasteiger partial charge on any atom is -0.304 e. The van der Waals surface area contributed by atoms with E-state index in [1.165, 1.54) is 30.7 Å². The zero-order valence-corrected chi connectivity index (χ0v) is 15.8. The minimum atomic E-state index is -0.624. The maximum absolute atomic E-state index is 14.5. The smallest absolute Gasteiger partial charge is 0.270 e. The van der Waals surface area contributed by atoms with Gasteiger partial charge in [-0.25, -0.2) is 9.37 Å². The van der Waals surface area contributed by atoms with Crippen LogP contribution in [0.3, 0.4) is 0 Å². The number of hydrogen-bond donors (Lipinski definition) is 1. The van der Waals surface area contributed by atoms with Gasteiger partial charge in [0.15, 0.2) is 11.6 Å². The molecule has 26 heavy (non-hydrogen) atoms. The van der Waals surface area contributed by atoms with Crippen molar-refractivity contribution in [1.82, 2.24) is 4.98 Å². The van der Waals surface area contributed by atoms with E-state index in [-0.39, 0.29) is 22.5 Å². The van der Waals surface area contributed by atoms with Crippen molar-refractivity contribution in [2.75, 3.05) is 5.32 Å². The zero-order valence-electron chi connectivity index (χ0n) is 13.7. The van der Waals surface area contributed by atoms with Gasteiger partial charge in [0.2, 0.25) is 0 Å². The van der Waals surface area contributed by atoms with E-state index in [1.54, 1.807) is 6.20 Å². The van der Waals surface area contributed by atoms with Crippen LogP contribution in [0.5, 0.6) is 0 Å². The van der Waals surface area contributed by atoms with Gasteiger partial charge < -0.3 is 5.32 Å². The van der Waals surface area contributed by atoms with E-state index in [4.69, 9.17) is 0 Å². The van der Waals surface area contributed by atoms with Crippen LogP contribution in [-0.4, -0.2) is 15.8 Å². The van der Waals surface area contributed by atoms with E-state index in [1.807, 2.05) is 22.6 Å². The number of benzene rings is 1. The van der Waals surface area contributed by atoms with Crippen LogP contribution in [-0.2, 0) is 5.41 Å². The highest BCUT2D eigenvalue weighted by Crippen LogP contribution is 2.64. The van der Waals surface area contributed by atoms with E-state index in [9.17, 15) is 19.3 Å². The van der Waals surface area contributed by atoms with E-state index in [0.717, 1.165) is 24.8 Å². The third-order valence-electron chi connectivity index (χ3n) is 5.46. The molecule has 2 aromatic rings. The standard InChI is InChI=1S/C18H15FIN3O3/c19-14-6-11(18-5-1-2-10(18)8-18)9-21-16(14)22-17(24)13-7-12(23(25)26)3-4-15(13)20/h3-4,6-7,9-10H,1-2,5,8H2,(H,21,22,24). The van der Waals surface area contributed by atoms with Crippen molar-refractivity contribution in [2.24, 2.45) is 5.92 Å². The van der Waals surface area contributed by atoms with E-state index < -0.39 is 16.6 Å². The number of hydrogen-bond acceptors (Lipinski definition) is 4. The highest BCUT2D eigenvalue weighted by Gasteiger charge is 2.57. The van der Waals surface area contributed by atoms with Gasteiger partial charge in [-0.3, -0.25) is 14.9 Å². The number of carbonyl (C=O) groups is 1. The lowest BCUT2D eigenvalue weighted by Crippen LogP contribution is -2.17. The number of nitrogens with one attached hydrogen (secondary N) is 1. The third kappa shape index (κ3) is 2.85. The average molecular weight is 467 g/mol. The Bertz CT molecular complexity index is 936. The molecular formula is C18H15FIN3O3. The molecule has 2 unspecified atom stereocenters. The molecule has 0 spiro atoms. The van der Waals surface area contributed by atoms with Gasteiger partial charge in [0.05, 0.1) is 10.5 Å². The Balaban J connectivity index is 1.57. The largest absolute Gasteiger partial charge is 0.304 e. The van der Waals surface area contributed by atoms with Crippen molar-refractivity contribution in [3.63, 3.8) is 0 Å². The molecule has 8 heteroatoms. The molecule has 2 aliphatic carbocycles. The Hall–Kier alpha value is -2.10. The monoisotopic (exact) mass is 467 g/mol. The lowest BCUT2D eigenvalue weighted by molar-refractivity contribution is -0.384. The van der Waals surface area contributed by atoms with Gasteiger partial charge in [0.25, 0.3) is 11.6 Å². The molecule has 0 bridgehead atoms. The number of fused-ring (bicyclic) bond motifs is 1. The number of nitro groups is 1. The molecule has 6 nitrogen and oxygen atoms in total. The van der Waals surface area contributed by atoms with Gasteiger partial charge in [0.1, 0.15) is 0 Å². The second-order valence-corrected chi connectivity index (χ2v) is 8.04. The maximum Gasteiger partial charge on any atom is 0.270 e. The number of aromatic nitrogens is 1. The molecule has 1 heterocycles. The van der Waals surface area contributed by atoms with Gasteiger partial charge in [-0.05, 0) is 65.5 Å². The van der Waals surface area contributed by atoms with Gasteiger partial charge in [-0.1, -0.05) is 6.42 Å². The fourth-order valence-electron chi connectivity index (χ4n) is 4.00. The molecule has 0 radical (unpaired) electrons. The number of halogens is 2. The SMILES string of the molecule is O=C(Nc1ncc(C23CCCC2C3)cc1F)c1cc([N+](=O)[O-])ccc1I. The summed E-state index contributed by atoms with van der Waals surface area (Å²) >= 11 is 1.91. The molecule has 2 fully saturated rings. The molecule has 2 aliphatic rings. The summed E-state index contributed by atoms with van der Waals surface area (Å²) in [7, 11) is 0. The summed E-state index contributed by atoms with van der Waals surface area (Å²) < 4.78 is 15.0. The summed E-state index contributed by atoms with van der Waals surface area (Å²) in [4.78, 5) is 26.9. The first-order chi connectivity index (χ1) is 12.4. The average Bonchev–Trinajstić information content (AvgIpc) is 3.17.